The predicted molar refractivity (Wildman–Crippen MR) is 72.1 cm³/mol. The summed E-state index contributed by atoms with van der Waals surface area (Å²) in [6, 6.07) is 9.42. The number of rotatable bonds is 6. The van der Waals surface area contributed by atoms with E-state index in [4.69, 9.17) is 9.15 Å². The highest BCUT2D eigenvalue weighted by atomic mass is 19.1. The van der Waals surface area contributed by atoms with Gasteiger partial charge in [-0.2, -0.15) is 0 Å². The minimum absolute atomic E-state index is 0.187. The van der Waals surface area contributed by atoms with Gasteiger partial charge in [0, 0.05) is 0 Å². The minimum atomic E-state index is -0.414. The fraction of sp³-hybridized carbons (Fsp3) is 0.267. The standard InChI is InChI=1S/C15H16FNO3/c1-2-11(20-13-7-4-3-6-12(13)16)10-17-15(18)14-8-5-9-19-14/h3-9,11H,2,10H2,1H3,(H,17,18)/t11-/m1/s1. The summed E-state index contributed by atoms with van der Waals surface area (Å²) in [6.07, 6.45) is 1.78. The van der Waals surface area contributed by atoms with Crippen molar-refractivity contribution in [3.05, 3.63) is 54.2 Å². The van der Waals surface area contributed by atoms with Crippen molar-refractivity contribution in [3.8, 4) is 5.75 Å². The molecule has 0 spiro atoms. The molecule has 0 saturated heterocycles. The second kappa shape index (κ2) is 6.75. The molecule has 1 aromatic carbocycles. The molecule has 0 radical (unpaired) electrons. The highest BCUT2D eigenvalue weighted by molar-refractivity contribution is 5.91. The lowest BCUT2D eigenvalue weighted by atomic mass is 10.2. The lowest BCUT2D eigenvalue weighted by Crippen LogP contribution is -2.35. The highest BCUT2D eigenvalue weighted by Crippen LogP contribution is 2.17. The van der Waals surface area contributed by atoms with E-state index in [0.717, 1.165) is 0 Å². The Labute approximate surface area is 116 Å². The Hall–Kier alpha value is -2.30. The Morgan fingerprint density at radius 1 is 1.35 bits per heavy atom. The van der Waals surface area contributed by atoms with E-state index >= 15 is 0 Å². The Bertz CT molecular complexity index is 554. The van der Waals surface area contributed by atoms with E-state index in [0.29, 0.717) is 6.42 Å². The van der Waals surface area contributed by atoms with Gasteiger partial charge in [0.1, 0.15) is 6.10 Å². The molecule has 1 atom stereocenters. The average Bonchev–Trinajstić information content (AvgIpc) is 2.99. The number of carbonyl (C=O) groups is 1. The van der Waals surface area contributed by atoms with Crippen LogP contribution in [0.4, 0.5) is 4.39 Å². The third-order valence-corrected chi connectivity index (χ3v) is 2.82. The monoisotopic (exact) mass is 277 g/mol. The Morgan fingerprint density at radius 2 is 2.15 bits per heavy atom. The number of benzene rings is 1. The van der Waals surface area contributed by atoms with E-state index in [9.17, 15) is 9.18 Å². The van der Waals surface area contributed by atoms with Gasteiger partial charge >= 0.3 is 0 Å². The number of halogens is 1. The van der Waals surface area contributed by atoms with Crippen LogP contribution in [-0.2, 0) is 0 Å². The molecular formula is C15H16FNO3. The Morgan fingerprint density at radius 3 is 2.80 bits per heavy atom. The molecule has 2 aromatic rings. The van der Waals surface area contributed by atoms with Gasteiger partial charge in [0.05, 0.1) is 12.8 Å². The first kappa shape index (κ1) is 14.1. The maximum absolute atomic E-state index is 13.5. The number of nitrogens with one attached hydrogen (secondary N) is 1. The van der Waals surface area contributed by atoms with Crippen LogP contribution in [0.1, 0.15) is 23.9 Å². The van der Waals surface area contributed by atoms with Gasteiger partial charge in [-0.3, -0.25) is 4.79 Å². The maximum atomic E-state index is 13.5. The van der Waals surface area contributed by atoms with Crippen molar-refractivity contribution in [2.45, 2.75) is 19.4 Å². The number of hydrogen-bond acceptors (Lipinski definition) is 3. The molecule has 2 rings (SSSR count). The number of amides is 1. The second-order valence-corrected chi connectivity index (χ2v) is 4.27. The molecule has 1 heterocycles. The van der Waals surface area contributed by atoms with Crippen LogP contribution in [0, 0.1) is 5.82 Å². The molecule has 0 unspecified atom stereocenters. The first-order valence-electron chi connectivity index (χ1n) is 6.43. The van der Waals surface area contributed by atoms with Crippen molar-refractivity contribution in [1.29, 1.82) is 0 Å². The van der Waals surface area contributed by atoms with Crippen LogP contribution in [-0.4, -0.2) is 18.6 Å². The smallest absolute Gasteiger partial charge is 0.287 e. The summed E-state index contributed by atoms with van der Waals surface area (Å²) in [5.41, 5.74) is 0. The van der Waals surface area contributed by atoms with E-state index in [1.165, 1.54) is 12.3 Å². The van der Waals surface area contributed by atoms with Crippen molar-refractivity contribution in [2.75, 3.05) is 6.54 Å². The Kier molecular flexibility index (Phi) is 4.76. The van der Waals surface area contributed by atoms with Gasteiger partial charge < -0.3 is 14.5 Å². The summed E-state index contributed by atoms with van der Waals surface area (Å²) in [7, 11) is 0. The van der Waals surface area contributed by atoms with Crippen LogP contribution in [0.2, 0.25) is 0 Å². The molecule has 0 saturated carbocycles. The van der Waals surface area contributed by atoms with Gasteiger partial charge in [-0.05, 0) is 30.7 Å². The molecule has 5 heteroatoms. The van der Waals surface area contributed by atoms with Crippen LogP contribution < -0.4 is 10.1 Å². The number of carbonyl (C=O) groups excluding carboxylic acids is 1. The molecular weight excluding hydrogens is 261 g/mol. The van der Waals surface area contributed by atoms with Gasteiger partial charge in [-0.15, -0.1) is 0 Å². The zero-order chi connectivity index (χ0) is 14.4. The highest BCUT2D eigenvalue weighted by Gasteiger charge is 2.14. The predicted octanol–water partition coefficient (Wildman–Crippen LogP) is 3.01. The van der Waals surface area contributed by atoms with Crippen molar-refractivity contribution < 1.29 is 18.3 Å². The lowest BCUT2D eigenvalue weighted by molar-refractivity contribution is 0.0897. The van der Waals surface area contributed by atoms with E-state index < -0.39 is 5.82 Å². The van der Waals surface area contributed by atoms with Gasteiger partial charge in [0.25, 0.3) is 5.91 Å². The third-order valence-electron chi connectivity index (χ3n) is 2.82. The van der Waals surface area contributed by atoms with Gasteiger partial charge in [0.15, 0.2) is 17.3 Å². The topological polar surface area (TPSA) is 51.5 Å². The normalized spacial score (nSPS) is 11.9. The molecule has 20 heavy (non-hydrogen) atoms. The number of hydrogen-bond donors (Lipinski definition) is 1. The van der Waals surface area contributed by atoms with Gasteiger partial charge in [-0.1, -0.05) is 19.1 Å². The van der Waals surface area contributed by atoms with Crippen LogP contribution in [0.3, 0.4) is 0 Å². The van der Waals surface area contributed by atoms with Crippen molar-refractivity contribution in [1.82, 2.24) is 5.32 Å². The SMILES string of the molecule is CC[C@H](CNC(=O)c1ccco1)Oc1ccccc1F. The zero-order valence-electron chi connectivity index (χ0n) is 11.1. The molecule has 0 aliphatic heterocycles. The van der Waals surface area contributed by atoms with E-state index in [2.05, 4.69) is 5.32 Å². The molecule has 106 valence electrons. The first-order valence-corrected chi connectivity index (χ1v) is 6.43. The second-order valence-electron chi connectivity index (χ2n) is 4.27. The quantitative estimate of drug-likeness (QED) is 0.883. The lowest BCUT2D eigenvalue weighted by Gasteiger charge is -2.18. The number of para-hydroxylation sites is 1. The van der Waals surface area contributed by atoms with Crippen LogP contribution >= 0.6 is 0 Å². The fourth-order valence-corrected chi connectivity index (χ4v) is 1.69. The third kappa shape index (κ3) is 3.60. The fourth-order valence-electron chi connectivity index (χ4n) is 1.69. The van der Waals surface area contributed by atoms with Crippen LogP contribution in [0.5, 0.6) is 5.75 Å². The van der Waals surface area contributed by atoms with E-state index in [1.807, 2.05) is 6.92 Å². The van der Waals surface area contributed by atoms with Gasteiger partial charge in [-0.25, -0.2) is 4.39 Å². The average molecular weight is 277 g/mol. The summed E-state index contributed by atoms with van der Waals surface area (Å²) in [5, 5.41) is 2.70. The summed E-state index contributed by atoms with van der Waals surface area (Å²) in [5.74, 6) is -0.300. The van der Waals surface area contributed by atoms with E-state index in [-0.39, 0.29) is 30.1 Å². The first-order chi connectivity index (χ1) is 9.70. The summed E-state index contributed by atoms with van der Waals surface area (Å²) < 4.78 is 24.0. The molecule has 0 fully saturated rings. The molecule has 1 amide bonds. The van der Waals surface area contributed by atoms with Crippen LogP contribution in [0.25, 0.3) is 0 Å². The van der Waals surface area contributed by atoms with Crippen molar-refractivity contribution in [2.24, 2.45) is 0 Å². The summed E-state index contributed by atoms with van der Waals surface area (Å²) >= 11 is 0. The molecule has 0 aliphatic carbocycles. The maximum Gasteiger partial charge on any atom is 0.287 e. The van der Waals surface area contributed by atoms with Crippen molar-refractivity contribution >= 4 is 5.91 Å². The molecule has 4 nitrogen and oxygen atoms in total. The van der Waals surface area contributed by atoms with Crippen molar-refractivity contribution in [3.63, 3.8) is 0 Å². The minimum Gasteiger partial charge on any atom is -0.486 e. The summed E-state index contributed by atoms with van der Waals surface area (Å²) in [6.45, 7) is 2.19. The van der Waals surface area contributed by atoms with E-state index in [1.54, 1.807) is 30.3 Å². The molecule has 0 bridgehead atoms. The zero-order valence-corrected chi connectivity index (χ0v) is 11.1. The molecule has 0 aliphatic rings. The number of ether oxygens (including phenoxy) is 1. The number of furan rings is 1. The van der Waals surface area contributed by atoms with Gasteiger partial charge in [0.2, 0.25) is 0 Å². The Balaban J connectivity index is 1.90. The van der Waals surface area contributed by atoms with Crippen LogP contribution in [0.15, 0.2) is 47.1 Å². The summed E-state index contributed by atoms with van der Waals surface area (Å²) in [4.78, 5) is 11.7. The molecule has 1 N–H and O–H groups in total. The largest absolute Gasteiger partial charge is 0.486 e. The molecule has 1 aromatic heterocycles.